The fourth-order valence-corrected chi connectivity index (χ4v) is 1.96. The van der Waals surface area contributed by atoms with Gasteiger partial charge in [0, 0.05) is 45.8 Å². The molecule has 6 nitrogen and oxygen atoms in total. The van der Waals surface area contributed by atoms with Crippen molar-refractivity contribution in [2.24, 2.45) is 0 Å². The van der Waals surface area contributed by atoms with Gasteiger partial charge in [-0.3, -0.25) is 0 Å². The summed E-state index contributed by atoms with van der Waals surface area (Å²) in [7, 11) is 0. The van der Waals surface area contributed by atoms with Crippen LogP contribution in [0.15, 0.2) is 0 Å². The Labute approximate surface area is 136 Å². The number of rotatable bonds is 7. The summed E-state index contributed by atoms with van der Waals surface area (Å²) in [6.45, 7) is 19.3. The van der Waals surface area contributed by atoms with E-state index in [1.54, 1.807) is 4.90 Å². The second-order valence-electron chi connectivity index (χ2n) is 4.63. The molecular weight excluding hydrogens is 280 g/mol. The first-order valence-corrected chi connectivity index (χ1v) is 8.53. The topological polar surface area (TPSA) is 55.9 Å². The summed E-state index contributed by atoms with van der Waals surface area (Å²) in [5.74, 6) is 0. The van der Waals surface area contributed by atoms with E-state index in [2.05, 4.69) is 5.32 Å². The fourth-order valence-electron chi connectivity index (χ4n) is 1.96. The third-order valence-electron chi connectivity index (χ3n) is 3.45. The molecule has 0 aromatic heterocycles. The molecule has 0 aliphatic rings. The number of nitrogens with one attached hydrogen (secondary N) is 1. The first-order valence-electron chi connectivity index (χ1n) is 8.53. The van der Waals surface area contributed by atoms with Gasteiger partial charge in [-0.25, -0.2) is 9.59 Å². The largest absolute Gasteiger partial charge is 0.338 e. The van der Waals surface area contributed by atoms with Crippen LogP contribution in [-0.4, -0.2) is 72.6 Å². The van der Waals surface area contributed by atoms with E-state index in [0.29, 0.717) is 6.54 Å². The van der Waals surface area contributed by atoms with Crippen molar-refractivity contribution in [1.29, 1.82) is 0 Å². The molecule has 0 radical (unpaired) electrons. The van der Waals surface area contributed by atoms with E-state index in [0.717, 1.165) is 39.3 Å². The number of amides is 4. The van der Waals surface area contributed by atoms with E-state index >= 15 is 0 Å². The lowest BCUT2D eigenvalue weighted by Gasteiger charge is -2.27. The molecule has 0 saturated carbocycles. The Balaban J connectivity index is 0. The minimum atomic E-state index is 0.0347. The quantitative estimate of drug-likeness (QED) is 0.785. The maximum Gasteiger partial charge on any atom is 0.319 e. The number of hydrogen-bond acceptors (Lipinski definition) is 2. The highest BCUT2D eigenvalue weighted by Gasteiger charge is 2.14. The van der Waals surface area contributed by atoms with Crippen LogP contribution >= 0.6 is 0 Å². The van der Waals surface area contributed by atoms with Crippen LogP contribution in [0.3, 0.4) is 0 Å². The zero-order valence-electron chi connectivity index (χ0n) is 15.6. The third kappa shape index (κ3) is 8.74. The highest BCUT2D eigenvalue weighted by Crippen LogP contribution is 1.97. The summed E-state index contributed by atoms with van der Waals surface area (Å²) >= 11 is 0. The van der Waals surface area contributed by atoms with Crippen molar-refractivity contribution in [2.75, 3.05) is 45.8 Å². The van der Waals surface area contributed by atoms with Crippen molar-refractivity contribution in [3.05, 3.63) is 0 Å². The summed E-state index contributed by atoms with van der Waals surface area (Å²) in [5, 5.41) is 2.73. The summed E-state index contributed by atoms with van der Waals surface area (Å²) in [5.41, 5.74) is 0. The van der Waals surface area contributed by atoms with Gasteiger partial charge in [-0.2, -0.15) is 0 Å². The average molecular weight is 316 g/mol. The second kappa shape index (κ2) is 14.5. The molecule has 132 valence electrons. The highest BCUT2D eigenvalue weighted by molar-refractivity contribution is 5.74. The van der Waals surface area contributed by atoms with Gasteiger partial charge in [0.05, 0.1) is 0 Å². The lowest BCUT2D eigenvalue weighted by molar-refractivity contribution is 0.162. The van der Waals surface area contributed by atoms with Crippen molar-refractivity contribution < 1.29 is 9.59 Å². The molecule has 0 bridgehead atoms. The van der Waals surface area contributed by atoms with E-state index < -0.39 is 0 Å². The van der Waals surface area contributed by atoms with Crippen molar-refractivity contribution in [3.63, 3.8) is 0 Å². The predicted octanol–water partition coefficient (Wildman–Crippen LogP) is 2.85. The maximum atomic E-state index is 11.6. The normalized spacial score (nSPS) is 9.41. The molecule has 0 fully saturated rings. The van der Waals surface area contributed by atoms with Gasteiger partial charge in [-0.1, -0.05) is 0 Å². The SMILES string of the molecule is CCN(CC)C(=O)N(CC)CC.CCNC(=O)N(CC)CC. The molecule has 0 spiro atoms. The summed E-state index contributed by atoms with van der Waals surface area (Å²) in [6, 6.07) is 0.192. The van der Waals surface area contributed by atoms with Crippen molar-refractivity contribution in [3.8, 4) is 0 Å². The van der Waals surface area contributed by atoms with Crippen LogP contribution in [0.5, 0.6) is 0 Å². The lowest BCUT2D eigenvalue weighted by atomic mass is 10.5. The lowest BCUT2D eigenvalue weighted by Crippen LogP contribution is -2.42. The third-order valence-corrected chi connectivity index (χ3v) is 3.45. The molecule has 0 aromatic rings. The Morgan fingerprint density at radius 2 is 0.955 bits per heavy atom. The van der Waals surface area contributed by atoms with E-state index in [-0.39, 0.29) is 12.1 Å². The molecule has 0 aromatic carbocycles. The zero-order chi connectivity index (χ0) is 17.5. The summed E-state index contributed by atoms with van der Waals surface area (Å²) in [6.07, 6.45) is 0. The Hall–Kier alpha value is -1.46. The van der Waals surface area contributed by atoms with Crippen LogP contribution in [0.25, 0.3) is 0 Å². The first kappa shape index (κ1) is 22.8. The number of nitrogens with zero attached hydrogens (tertiary/aromatic N) is 3. The van der Waals surface area contributed by atoms with Crippen LogP contribution in [0.4, 0.5) is 9.59 Å². The molecule has 0 atom stereocenters. The van der Waals surface area contributed by atoms with E-state index in [4.69, 9.17) is 0 Å². The van der Waals surface area contributed by atoms with Gasteiger partial charge in [-0.05, 0) is 48.5 Å². The first-order chi connectivity index (χ1) is 10.5. The van der Waals surface area contributed by atoms with Crippen LogP contribution in [0.1, 0.15) is 48.5 Å². The Kier molecular flexibility index (Phi) is 15.0. The molecule has 22 heavy (non-hydrogen) atoms. The molecule has 0 rings (SSSR count). The Morgan fingerprint density at radius 3 is 1.18 bits per heavy atom. The minimum absolute atomic E-state index is 0.0347. The standard InChI is InChI=1S/C9H20N2O.C7H16N2O/c1-5-10(6-2)9(12)11(7-3)8-4;1-4-8-7(10)9(5-2)6-3/h5-8H2,1-4H3;4-6H2,1-3H3,(H,8,10). The molecule has 0 aliphatic carbocycles. The smallest absolute Gasteiger partial charge is 0.319 e. The molecule has 0 saturated heterocycles. The van der Waals surface area contributed by atoms with Crippen LogP contribution < -0.4 is 5.32 Å². The van der Waals surface area contributed by atoms with Gasteiger partial charge in [-0.15, -0.1) is 0 Å². The van der Waals surface area contributed by atoms with E-state index in [1.165, 1.54) is 0 Å². The van der Waals surface area contributed by atoms with E-state index in [9.17, 15) is 9.59 Å². The van der Waals surface area contributed by atoms with Crippen LogP contribution in [0, 0.1) is 0 Å². The van der Waals surface area contributed by atoms with Crippen molar-refractivity contribution in [1.82, 2.24) is 20.0 Å². The van der Waals surface area contributed by atoms with Gasteiger partial charge >= 0.3 is 12.1 Å². The van der Waals surface area contributed by atoms with Gasteiger partial charge in [0.2, 0.25) is 0 Å². The van der Waals surface area contributed by atoms with Gasteiger partial charge in [0.1, 0.15) is 0 Å². The number of carbonyl (C=O) groups excluding carboxylic acids is 2. The van der Waals surface area contributed by atoms with Gasteiger partial charge in [0.25, 0.3) is 0 Å². The molecule has 0 heterocycles. The van der Waals surface area contributed by atoms with Crippen LogP contribution in [0.2, 0.25) is 0 Å². The van der Waals surface area contributed by atoms with Crippen LogP contribution in [-0.2, 0) is 0 Å². The number of carbonyl (C=O) groups is 2. The van der Waals surface area contributed by atoms with E-state index in [1.807, 2.05) is 58.3 Å². The molecule has 6 heteroatoms. The molecule has 4 amide bonds. The maximum absolute atomic E-state index is 11.6. The average Bonchev–Trinajstić information content (AvgIpc) is 2.52. The summed E-state index contributed by atoms with van der Waals surface area (Å²) in [4.78, 5) is 28.1. The fraction of sp³-hybridized carbons (Fsp3) is 0.875. The molecular formula is C16H36N4O2. The Morgan fingerprint density at radius 1 is 0.636 bits per heavy atom. The predicted molar refractivity (Wildman–Crippen MR) is 93.2 cm³/mol. The molecule has 0 unspecified atom stereocenters. The molecule has 1 N–H and O–H groups in total. The summed E-state index contributed by atoms with van der Waals surface area (Å²) < 4.78 is 0. The van der Waals surface area contributed by atoms with Gasteiger partial charge in [0.15, 0.2) is 0 Å². The highest BCUT2D eigenvalue weighted by atomic mass is 16.2. The number of urea groups is 2. The number of hydrogen-bond donors (Lipinski definition) is 1. The minimum Gasteiger partial charge on any atom is -0.338 e. The monoisotopic (exact) mass is 316 g/mol. The second-order valence-corrected chi connectivity index (χ2v) is 4.63. The Bertz CT molecular complexity index is 272. The molecule has 0 aliphatic heterocycles. The van der Waals surface area contributed by atoms with Crippen molar-refractivity contribution >= 4 is 12.1 Å². The zero-order valence-corrected chi connectivity index (χ0v) is 15.6. The van der Waals surface area contributed by atoms with Crippen molar-refractivity contribution in [2.45, 2.75) is 48.5 Å². The van der Waals surface area contributed by atoms with Gasteiger partial charge < -0.3 is 20.0 Å².